The van der Waals surface area contributed by atoms with Crippen LogP contribution in [0.3, 0.4) is 0 Å². The number of aromatic nitrogens is 3. The van der Waals surface area contributed by atoms with Gasteiger partial charge in [0.2, 0.25) is 0 Å². The van der Waals surface area contributed by atoms with Crippen LogP contribution in [0.25, 0.3) is 22.0 Å². The summed E-state index contributed by atoms with van der Waals surface area (Å²) in [4.78, 5) is 4.68. The lowest BCUT2D eigenvalue weighted by molar-refractivity contribution is 0.143. The third-order valence-electron chi connectivity index (χ3n) is 5.29. The van der Waals surface area contributed by atoms with Crippen molar-refractivity contribution in [3.05, 3.63) is 82.3 Å². The highest BCUT2D eigenvalue weighted by molar-refractivity contribution is 6.35. The molecule has 0 bridgehead atoms. The second kappa shape index (κ2) is 9.15. The Bertz CT molecular complexity index is 1430. The summed E-state index contributed by atoms with van der Waals surface area (Å²) in [7, 11) is 1.81. The number of hydrogen-bond acceptors (Lipinski definition) is 4. The van der Waals surface area contributed by atoms with Crippen molar-refractivity contribution in [2.75, 3.05) is 0 Å². The first kappa shape index (κ1) is 23.8. The fourth-order valence-electron chi connectivity index (χ4n) is 3.83. The highest BCUT2D eigenvalue weighted by atomic mass is 35.5. The molecule has 174 valence electrons. The number of aryl methyl sites for hydroxylation is 1. The number of halogens is 3. The molecule has 0 spiro atoms. The molecule has 4 rings (SSSR count). The van der Waals surface area contributed by atoms with E-state index in [4.69, 9.17) is 17.3 Å². The largest absolute Gasteiger partial charge is 0.378 e. The first-order valence-electron chi connectivity index (χ1n) is 10.6. The van der Waals surface area contributed by atoms with Gasteiger partial charge in [0.15, 0.2) is 0 Å². The Morgan fingerprint density at radius 3 is 2.47 bits per heavy atom. The normalized spacial score (nSPS) is 12.5. The van der Waals surface area contributed by atoms with Gasteiger partial charge in [-0.25, -0.2) is 13.8 Å². The van der Waals surface area contributed by atoms with Crippen LogP contribution in [0.15, 0.2) is 48.7 Å². The van der Waals surface area contributed by atoms with E-state index in [2.05, 4.69) is 21.9 Å². The summed E-state index contributed by atoms with van der Waals surface area (Å²) in [5.74, 6) is 4.27. The summed E-state index contributed by atoms with van der Waals surface area (Å²) < 4.78 is 29.2. The van der Waals surface area contributed by atoms with Gasteiger partial charge in [-0.15, -0.1) is 0 Å². The molecule has 0 aliphatic heterocycles. The maximum Gasteiger partial charge on any atom is 0.126 e. The maximum absolute atomic E-state index is 13.8. The minimum Gasteiger partial charge on any atom is -0.378 e. The Hall–Kier alpha value is -3.31. The molecule has 0 aliphatic carbocycles. The van der Waals surface area contributed by atoms with Gasteiger partial charge >= 0.3 is 0 Å². The van der Waals surface area contributed by atoms with E-state index in [0.29, 0.717) is 22.0 Å². The number of rotatable bonds is 4. The number of aliphatic hydroxyl groups is 1. The lowest BCUT2D eigenvalue weighted by Gasteiger charge is -2.18. The fourth-order valence-corrected chi connectivity index (χ4v) is 4.03. The Kier molecular flexibility index (Phi) is 6.41. The monoisotopic (exact) mass is 480 g/mol. The average Bonchev–Trinajstić information content (AvgIpc) is 3.14. The molecule has 2 aromatic heterocycles. The molecule has 0 aliphatic rings. The van der Waals surface area contributed by atoms with Crippen LogP contribution in [0.5, 0.6) is 0 Å². The molecule has 3 N–H and O–H groups in total. The molecule has 2 aromatic carbocycles. The summed E-state index contributed by atoms with van der Waals surface area (Å²) in [6.07, 6.45) is 1.84. The van der Waals surface area contributed by atoms with Crippen molar-refractivity contribution in [3.8, 4) is 23.0 Å². The molecule has 0 saturated heterocycles. The Morgan fingerprint density at radius 2 is 1.79 bits per heavy atom. The Labute approximate surface area is 201 Å². The fraction of sp³-hybridized carbons (Fsp3) is 0.231. The SMILES string of the molecule is Cn1ncc2c(Cl)ccc(-c3ccc(C#CC(C)(C)O)nc3C(N)Cc3cc(F)cc(F)c3)c21. The summed E-state index contributed by atoms with van der Waals surface area (Å²) in [5, 5.41) is 15.6. The third-order valence-corrected chi connectivity index (χ3v) is 5.62. The van der Waals surface area contributed by atoms with Gasteiger partial charge in [0.1, 0.15) is 22.9 Å². The van der Waals surface area contributed by atoms with Crippen molar-refractivity contribution >= 4 is 22.5 Å². The van der Waals surface area contributed by atoms with Crippen LogP contribution in [0.1, 0.15) is 36.8 Å². The van der Waals surface area contributed by atoms with Crippen LogP contribution in [-0.2, 0) is 13.5 Å². The summed E-state index contributed by atoms with van der Waals surface area (Å²) in [6, 6.07) is 9.85. The molecule has 8 heteroatoms. The van der Waals surface area contributed by atoms with Gasteiger partial charge in [0.25, 0.3) is 0 Å². The van der Waals surface area contributed by atoms with Crippen LogP contribution in [0.4, 0.5) is 8.78 Å². The van der Waals surface area contributed by atoms with E-state index in [0.717, 1.165) is 28.1 Å². The second-order valence-electron chi connectivity index (χ2n) is 8.65. The predicted octanol–water partition coefficient (Wildman–Crippen LogP) is 4.93. The third kappa shape index (κ3) is 5.10. The highest BCUT2D eigenvalue weighted by Gasteiger charge is 2.20. The van der Waals surface area contributed by atoms with Gasteiger partial charge in [0, 0.05) is 29.6 Å². The van der Waals surface area contributed by atoms with Gasteiger partial charge in [-0.3, -0.25) is 4.68 Å². The molecule has 2 heterocycles. The number of hydrogen-bond donors (Lipinski definition) is 2. The van der Waals surface area contributed by atoms with Crippen molar-refractivity contribution in [1.29, 1.82) is 0 Å². The molecule has 1 atom stereocenters. The van der Waals surface area contributed by atoms with Crippen molar-refractivity contribution in [2.24, 2.45) is 12.8 Å². The highest BCUT2D eigenvalue weighted by Crippen LogP contribution is 2.36. The van der Waals surface area contributed by atoms with Gasteiger partial charge in [-0.05, 0) is 62.1 Å². The van der Waals surface area contributed by atoms with Crippen LogP contribution in [0, 0.1) is 23.5 Å². The summed E-state index contributed by atoms with van der Waals surface area (Å²) in [5.41, 5.74) is 9.01. The topological polar surface area (TPSA) is 77.0 Å². The van der Waals surface area contributed by atoms with Crippen LogP contribution in [-0.4, -0.2) is 25.5 Å². The zero-order valence-electron chi connectivity index (χ0n) is 18.9. The molecule has 4 aromatic rings. The van der Waals surface area contributed by atoms with Gasteiger partial charge in [0.05, 0.1) is 28.5 Å². The quantitative estimate of drug-likeness (QED) is 0.406. The lowest BCUT2D eigenvalue weighted by atomic mass is 9.94. The standard InChI is InChI=1S/C26H23ClF2N4O/c1-26(2,34)9-8-18-4-5-19(20-6-7-22(27)21-14-31-33(3)25(20)21)24(32-18)23(30)12-15-10-16(28)13-17(29)11-15/h4-7,10-11,13-14,23,34H,12,30H2,1-3H3. The number of pyridine rings is 1. The second-order valence-corrected chi connectivity index (χ2v) is 9.06. The van der Waals surface area contributed by atoms with Gasteiger partial charge in [-0.2, -0.15) is 5.10 Å². The van der Waals surface area contributed by atoms with E-state index in [9.17, 15) is 13.9 Å². The molecule has 34 heavy (non-hydrogen) atoms. The lowest BCUT2D eigenvalue weighted by Crippen LogP contribution is -2.17. The molecular formula is C26H23ClF2N4O. The number of nitrogens with two attached hydrogens (primary N) is 1. The summed E-state index contributed by atoms with van der Waals surface area (Å²) in [6.45, 7) is 3.15. The van der Waals surface area contributed by atoms with Crippen molar-refractivity contribution in [2.45, 2.75) is 31.9 Å². The molecule has 1 unspecified atom stereocenters. The van der Waals surface area contributed by atoms with E-state index in [1.54, 1.807) is 36.9 Å². The maximum atomic E-state index is 13.8. The van der Waals surface area contributed by atoms with E-state index in [1.165, 1.54) is 12.1 Å². The Balaban J connectivity index is 1.87. The van der Waals surface area contributed by atoms with E-state index >= 15 is 0 Å². The predicted molar refractivity (Wildman–Crippen MR) is 129 cm³/mol. The zero-order chi connectivity index (χ0) is 24.6. The first-order chi connectivity index (χ1) is 16.0. The van der Waals surface area contributed by atoms with Gasteiger partial charge < -0.3 is 10.8 Å². The van der Waals surface area contributed by atoms with Crippen molar-refractivity contribution < 1.29 is 13.9 Å². The molecular weight excluding hydrogens is 458 g/mol. The van der Waals surface area contributed by atoms with Crippen molar-refractivity contribution in [1.82, 2.24) is 14.8 Å². The average molecular weight is 481 g/mol. The molecule has 0 saturated carbocycles. The van der Waals surface area contributed by atoms with Crippen LogP contribution >= 0.6 is 11.6 Å². The summed E-state index contributed by atoms with van der Waals surface area (Å²) >= 11 is 6.37. The zero-order valence-corrected chi connectivity index (χ0v) is 19.7. The molecule has 5 nitrogen and oxygen atoms in total. The minimum absolute atomic E-state index is 0.152. The van der Waals surface area contributed by atoms with Crippen molar-refractivity contribution in [3.63, 3.8) is 0 Å². The minimum atomic E-state index is -1.20. The van der Waals surface area contributed by atoms with Crippen LogP contribution < -0.4 is 5.73 Å². The van der Waals surface area contributed by atoms with E-state index in [-0.39, 0.29) is 6.42 Å². The smallest absolute Gasteiger partial charge is 0.126 e. The number of benzene rings is 2. The Morgan fingerprint density at radius 1 is 1.12 bits per heavy atom. The van der Waals surface area contributed by atoms with Gasteiger partial charge in [-0.1, -0.05) is 23.6 Å². The van der Waals surface area contributed by atoms with E-state index in [1.807, 2.05) is 19.2 Å². The number of nitrogens with zero attached hydrogens (tertiary/aromatic N) is 3. The van der Waals surface area contributed by atoms with E-state index < -0.39 is 23.3 Å². The first-order valence-corrected chi connectivity index (χ1v) is 11.0. The molecule has 0 radical (unpaired) electrons. The number of fused-ring (bicyclic) bond motifs is 1. The van der Waals surface area contributed by atoms with Crippen LogP contribution in [0.2, 0.25) is 5.02 Å². The molecule has 0 amide bonds. The molecule has 0 fully saturated rings.